The summed E-state index contributed by atoms with van der Waals surface area (Å²) in [7, 11) is 0. The van der Waals surface area contributed by atoms with Crippen LogP contribution in [0, 0.1) is 6.92 Å². The zero-order valence-electron chi connectivity index (χ0n) is 7.38. The molecule has 0 radical (unpaired) electrons. The Bertz CT molecular complexity index is 360. The number of hydrogen-bond acceptors (Lipinski definition) is 2. The third-order valence-electron chi connectivity index (χ3n) is 2.01. The number of aliphatic imine (C=N–C) groups is 1. The second-order valence-electron chi connectivity index (χ2n) is 2.97. The molecule has 0 N–H and O–H groups in total. The van der Waals surface area contributed by atoms with Crippen LogP contribution in [0.15, 0.2) is 23.2 Å². The van der Waals surface area contributed by atoms with E-state index in [0.717, 1.165) is 22.7 Å². The van der Waals surface area contributed by atoms with Gasteiger partial charge in [-0.3, -0.25) is 0 Å². The van der Waals surface area contributed by atoms with Gasteiger partial charge in [-0.2, -0.15) is 0 Å². The Labute approximate surface area is 82.2 Å². The van der Waals surface area contributed by atoms with Gasteiger partial charge in [-0.05, 0) is 18.6 Å². The van der Waals surface area contributed by atoms with Gasteiger partial charge in [0.25, 0.3) is 0 Å². The van der Waals surface area contributed by atoms with Crippen LogP contribution in [-0.2, 0) is 4.74 Å². The highest BCUT2D eigenvalue weighted by Crippen LogP contribution is 2.22. The SMILES string of the molecule is Cc1cccc(C2=NCCO2)c1Cl. The van der Waals surface area contributed by atoms with Gasteiger partial charge in [0.1, 0.15) is 6.61 Å². The lowest BCUT2D eigenvalue weighted by Gasteiger charge is -2.05. The van der Waals surface area contributed by atoms with Crippen molar-refractivity contribution < 1.29 is 4.74 Å². The molecule has 0 spiro atoms. The second kappa shape index (κ2) is 3.38. The molecule has 0 saturated heterocycles. The van der Waals surface area contributed by atoms with E-state index in [9.17, 15) is 0 Å². The number of aryl methyl sites for hydroxylation is 1. The van der Waals surface area contributed by atoms with Crippen molar-refractivity contribution in [2.75, 3.05) is 13.2 Å². The van der Waals surface area contributed by atoms with Gasteiger partial charge in [0, 0.05) is 0 Å². The van der Waals surface area contributed by atoms with E-state index < -0.39 is 0 Å². The first kappa shape index (κ1) is 8.57. The van der Waals surface area contributed by atoms with Crippen molar-refractivity contribution >= 4 is 17.5 Å². The highest BCUT2D eigenvalue weighted by atomic mass is 35.5. The van der Waals surface area contributed by atoms with Crippen molar-refractivity contribution in [3.8, 4) is 0 Å². The van der Waals surface area contributed by atoms with Crippen LogP contribution in [0.5, 0.6) is 0 Å². The number of benzene rings is 1. The fraction of sp³-hybridized carbons (Fsp3) is 0.300. The first-order chi connectivity index (χ1) is 6.29. The third-order valence-corrected chi connectivity index (χ3v) is 2.51. The standard InChI is InChI=1S/C10H10ClNO/c1-7-3-2-4-8(9(7)11)10-12-5-6-13-10/h2-4H,5-6H2,1H3. The maximum Gasteiger partial charge on any atom is 0.217 e. The molecule has 0 atom stereocenters. The van der Waals surface area contributed by atoms with Crippen molar-refractivity contribution in [3.05, 3.63) is 34.3 Å². The van der Waals surface area contributed by atoms with Crippen LogP contribution in [0.4, 0.5) is 0 Å². The van der Waals surface area contributed by atoms with Gasteiger partial charge in [-0.15, -0.1) is 0 Å². The molecule has 0 bridgehead atoms. The highest BCUT2D eigenvalue weighted by Gasteiger charge is 2.14. The van der Waals surface area contributed by atoms with Crippen molar-refractivity contribution in [2.24, 2.45) is 4.99 Å². The lowest BCUT2D eigenvalue weighted by atomic mass is 10.1. The van der Waals surface area contributed by atoms with Gasteiger partial charge in [0.15, 0.2) is 0 Å². The summed E-state index contributed by atoms with van der Waals surface area (Å²) in [6.07, 6.45) is 0. The van der Waals surface area contributed by atoms with Crippen LogP contribution < -0.4 is 0 Å². The van der Waals surface area contributed by atoms with Crippen LogP contribution in [0.3, 0.4) is 0 Å². The molecule has 3 heteroatoms. The molecular weight excluding hydrogens is 186 g/mol. The minimum atomic E-state index is 0.666. The fourth-order valence-corrected chi connectivity index (χ4v) is 1.52. The van der Waals surface area contributed by atoms with Gasteiger partial charge < -0.3 is 4.74 Å². The minimum Gasteiger partial charge on any atom is -0.475 e. The quantitative estimate of drug-likeness (QED) is 0.675. The number of ether oxygens (including phenoxy) is 1. The summed E-state index contributed by atoms with van der Waals surface area (Å²) in [5, 5.41) is 0.739. The predicted octanol–water partition coefficient (Wildman–Crippen LogP) is 2.43. The van der Waals surface area contributed by atoms with Gasteiger partial charge >= 0.3 is 0 Å². The summed E-state index contributed by atoms with van der Waals surface area (Å²) in [5.41, 5.74) is 1.96. The largest absolute Gasteiger partial charge is 0.475 e. The summed E-state index contributed by atoms with van der Waals surface area (Å²) in [6, 6.07) is 5.86. The Morgan fingerprint density at radius 3 is 3.00 bits per heavy atom. The van der Waals surface area contributed by atoms with Crippen molar-refractivity contribution in [3.63, 3.8) is 0 Å². The number of hydrogen-bond donors (Lipinski definition) is 0. The zero-order chi connectivity index (χ0) is 9.26. The van der Waals surface area contributed by atoms with E-state index in [1.54, 1.807) is 0 Å². The van der Waals surface area contributed by atoms with Gasteiger partial charge in [-0.1, -0.05) is 23.7 Å². The first-order valence-electron chi connectivity index (χ1n) is 4.22. The topological polar surface area (TPSA) is 21.6 Å². The van der Waals surface area contributed by atoms with E-state index in [4.69, 9.17) is 16.3 Å². The zero-order valence-corrected chi connectivity index (χ0v) is 8.14. The molecule has 0 fully saturated rings. The molecule has 1 aliphatic rings. The lowest BCUT2D eigenvalue weighted by Crippen LogP contribution is -2.02. The fourth-order valence-electron chi connectivity index (χ4n) is 1.31. The molecule has 13 heavy (non-hydrogen) atoms. The Kier molecular flexibility index (Phi) is 2.23. The van der Waals surface area contributed by atoms with E-state index in [-0.39, 0.29) is 0 Å². The van der Waals surface area contributed by atoms with Gasteiger partial charge in [-0.25, -0.2) is 4.99 Å². The molecule has 1 aromatic carbocycles. The molecule has 1 heterocycles. The Balaban J connectivity index is 2.45. The highest BCUT2D eigenvalue weighted by molar-refractivity contribution is 6.34. The van der Waals surface area contributed by atoms with E-state index in [2.05, 4.69) is 4.99 Å². The van der Waals surface area contributed by atoms with Crippen LogP contribution in [0.25, 0.3) is 0 Å². The maximum absolute atomic E-state index is 6.11. The molecule has 0 aromatic heterocycles. The lowest BCUT2D eigenvalue weighted by molar-refractivity contribution is 0.348. The van der Waals surface area contributed by atoms with Crippen molar-refractivity contribution in [1.29, 1.82) is 0 Å². The molecule has 2 rings (SSSR count). The van der Waals surface area contributed by atoms with Crippen LogP contribution >= 0.6 is 11.6 Å². The molecule has 2 nitrogen and oxygen atoms in total. The first-order valence-corrected chi connectivity index (χ1v) is 4.59. The second-order valence-corrected chi connectivity index (χ2v) is 3.35. The average Bonchev–Trinajstić information content (AvgIpc) is 2.62. The summed E-state index contributed by atoms with van der Waals surface area (Å²) in [6.45, 7) is 3.38. The summed E-state index contributed by atoms with van der Waals surface area (Å²) >= 11 is 6.11. The van der Waals surface area contributed by atoms with Crippen LogP contribution in [0.2, 0.25) is 5.02 Å². The van der Waals surface area contributed by atoms with Gasteiger partial charge in [0.05, 0.1) is 17.1 Å². The maximum atomic E-state index is 6.11. The molecule has 68 valence electrons. The van der Waals surface area contributed by atoms with E-state index in [1.165, 1.54) is 0 Å². The van der Waals surface area contributed by atoms with Crippen LogP contribution in [0.1, 0.15) is 11.1 Å². The predicted molar refractivity (Wildman–Crippen MR) is 53.5 cm³/mol. The Hall–Kier alpha value is -1.02. The summed E-state index contributed by atoms with van der Waals surface area (Å²) < 4.78 is 5.34. The average molecular weight is 196 g/mol. The molecule has 0 aliphatic carbocycles. The number of rotatable bonds is 1. The molecule has 0 amide bonds. The molecule has 0 unspecified atom stereocenters. The molecule has 1 aliphatic heterocycles. The van der Waals surface area contributed by atoms with E-state index in [0.29, 0.717) is 12.5 Å². The smallest absolute Gasteiger partial charge is 0.217 e. The van der Waals surface area contributed by atoms with Crippen molar-refractivity contribution in [2.45, 2.75) is 6.92 Å². The normalized spacial score (nSPS) is 15.4. The molecular formula is C10H10ClNO. The Morgan fingerprint density at radius 1 is 1.46 bits per heavy atom. The third kappa shape index (κ3) is 1.54. The minimum absolute atomic E-state index is 0.666. The summed E-state index contributed by atoms with van der Waals surface area (Å²) in [5.74, 6) is 0.675. The Morgan fingerprint density at radius 2 is 2.31 bits per heavy atom. The monoisotopic (exact) mass is 195 g/mol. The number of nitrogens with zero attached hydrogens (tertiary/aromatic N) is 1. The number of halogens is 1. The molecule has 0 saturated carbocycles. The van der Waals surface area contributed by atoms with Crippen molar-refractivity contribution in [1.82, 2.24) is 0 Å². The van der Waals surface area contributed by atoms with E-state index in [1.807, 2.05) is 25.1 Å². The molecule has 1 aromatic rings. The van der Waals surface area contributed by atoms with Gasteiger partial charge in [0.2, 0.25) is 5.90 Å². The van der Waals surface area contributed by atoms with E-state index >= 15 is 0 Å². The summed E-state index contributed by atoms with van der Waals surface area (Å²) in [4.78, 5) is 4.22. The van der Waals surface area contributed by atoms with Crippen LogP contribution in [-0.4, -0.2) is 19.0 Å².